The molecule has 5 nitrogen and oxygen atoms in total. The molecule has 0 aliphatic heterocycles. The van der Waals surface area contributed by atoms with Crippen molar-refractivity contribution in [2.24, 2.45) is 0 Å². The van der Waals surface area contributed by atoms with Gasteiger partial charge in [-0.05, 0) is 81.3 Å². The zero-order valence-electron chi connectivity index (χ0n) is 18.4. The Labute approximate surface area is 177 Å². The predicted octanol–water partition coefficient (Wildman–Crippen LogP) is 4.82. The van der Waals surface area contributed by atoms with E-state index in [0.29, 0.717) is 11.1 Å². The average Bonchev–Trinajstić information content (AvgIpc) is 3.02. The molecule has 156 valence electrons. The van der Waals surface area contributed by atoms with E-state index in [1.807, 2.05) is 57.1 Å². The number of ketones is 1. The molecule has 2 aromatic carbocycles. The summed E-state index contributed by atoms with van der Waals surface area (Å²) in [6.45, 7) is 7.75. The van der Waals surface area contributed by atoms with Gasteiger partial charge < -0.3 is 14.2 Å². The predicted molar refractivity (Wildman–Crippen MR) is 120 cm³/mol. The van der Waals surface area contributed by atoms with Crippen LogP contribution < -0.4 is 4.90 Å². The number of nitrogens with zero attached hydrogens (tertiary/aromatic N) is 2. The molecular formula is C25H28N2O3. The lowest BCUT2D eigenvalue weighted by molar-refractivity contribution is 0.0474. The zero-order chi connectivity index (χ0) is 22.0. The lowest BCUT2D eigenvalue weighted by Crippen LogP contribution is -2.15. The van der Waals surface area contributed by atoms with Crippen molar-refractivity contribution in [3.8, 4) is 5.69 Å². The van der Waals surface area contributed by atoms with E-state index >= 15 is 0 Å². The van der Waals surface area contributed by atoms with Crippen molar-refractivity contribution in [2.45, 2.75) is 27.7 Å². The van der Waals surface area contributed by atoms with E-state index in [9.17, 15) is 9.59 Å². The quantitative estimate of drug-likeness (QED) is 0.437. The van der Waals surface area contributed by atoms with E-state index in [0.717, 1.165) is 22.8 Å². The highest BCUT2D eigenvalue weighted by atomic mass is 16.5. The summed E-state index contributed by atoms with van der Waals surface area (Å²) in [6.07, 6.45) is 0. The maximum Gasteiger partial charge on any atom is 0.338 e. The molecule has 5 heteroatoms. The van der Waals surface area contributed by atoms with Crippen molar-refractivity contribution in [2.75, 3.05) is 25.6 Å². The molecule has 0 amide bonds. The number of Topliss-reactive ketones (excluding diaryl/α,β-unsaturated/α-hetero) is 1. The van der Waals surface area contributed by atoms with Gasteiger partial charge in [-0.1, -0.05) is 6.07 Å². The summed E-state index contributed by atoms with van der Waals surface area (Å²) in [4.78, 5) is 27.0. The Morgan fingerprint density at radius 3 is 2.17 bits per heavy atom. The van der Waals surface area contributed by atoms with Crippen LogP contribution in [0.5, 0.6) is 0 Å². The highest BCUT2D eigenvalue weighted by Crippen LogP contribution is 2.23. The lowest BCUT2D eigenvalue weighted by Gasteiger charge is -2.12. The number of aryl methyl sites for hydroxylation is 3. The van der Waals surface area contributed by atoms with E-state index in [4.69, 9.17) is 4.74 Å². The molecule has 1 heterocycles. The number of carbonyl (C=O) groups is 2. The summed E-state index contributed by atoms with van der Waals surface area (Å²) >= 11 is 0. The Morgan fingerprint density at radius 1 is 0.900 bits per heavy atom. The number of hydrogen-bond acceptors (Lipinski definition) is 4. The van der Waals surface area contributed by atoms with Gasteiger partial charge in [0.1, 0.15) is 0 Å². The van der Waals surface area contributed by atoms with E-state index in [1.165, 1.54) is 11.1 Å². The fraction of sp³-hybridized carbons (Fsp3) is 0.280. The third-order valence-electron chi connectivity index (χ3n) is 5.43. The van der Waals surface area contributed by atoms with Crippen molar-refractivity contribution in [1.29, 1.82) is 0 Å². The first kappa shape index (κ1) is 21.4. The summed E-state index contributed by atoms with van der Waals surface area (Å²) < 4.78 is 7.33. The Kier molecular flexibility index (Phi) is 6.11. The van der Waals surface area contributed by atoms with E-state index in [2.05, 4.69) is 30.5 Å². The molecule has 0 atom stereocenters. The minimum absolute atomic E-state index is 0.212. The molecule has 0 saturated heterocycles. The molecule has 0 saturated carbocycles. The normalized spacial score (nSPS) is 10.7. The topological polar surface area (TPSA) is 51.5 Å². The van der Waals surface area contributed by atoms with E-state index < -0.39 is 5.97 Å². The standard InChI is InChI=1S/C25H28N2O3/c1-16-7-10-22(13-17(16)2)27-18(3)14-23(19(27)4)24(28)15-30-25(29)20-8-11-21(12-9-20)26(5)6/h7-14H,15H2,1-6H3. The van der Waals surface area contributed by atoms with Crippen molar-refractivity contribution in [3.05, 3.63) is 82.2 Å². The first-order valence-electron chi connectivity index (χ1n) is 9.93. The van der Waals surface area contributed by atoms with Gasteiger partial charge in [0.25, 0.3) is 0 Å². The van der Waals surface area contributed by atoms with Crippen molar-refractivity contribution < 1.29 is 14.3 Å². The smallest absolute Gasteiger partial charge is 0.338 e. The van der Waals surface area contributed by atoms with Crippen LogP contribution in [0.2, 0.25) is 0 Å². The second kappa shape index (κ2) is 8.57. The summed E-state index contributed by atoms with van der Waals surface area (Å²) in [5, 5.41) is 0. The van der Waals surface area contributed by atoms with E-state index in [1.54, 1.807) is 12.1 Å². The molecule has 3 rings (SSSR count). The molecule has 0 bridgehead atoms. The molecule has 0 aliphatic carbocycles. The van der Waals surface area contributed by atoms with Crippen LogP contribution in [0, 0.1) is 27.7 Å². The molecule has 0 unspecified atom stereocenters. The summed E-state index contributed by atoms with van der Waals surface area (Å²) in [6, 6.07) is 15.2. The van der Waals surface area contributed by atoms with Gasteiger partial charge >= 0.3 is 5.97 Å². The fourth-order valence-corrected chi connectivity index (χ4v) is 3.49. The third kappa shape index (κ3) is 4.30. The van der Waals surface area contributed by atoms with Gasteiger partial charge in [-0.25, -0.2) is 4.79 Å². The van der Waals surface area contributed by atoms with Gasteiger partial charge in [0.2, 0.25) is 5.78 Å². The molecule has 0 N–H and O–H groups in total. The van der Waals surface area contributed by atoms with Crippen LogP contribution >= 0.6 is 0 Å². The molecule has 0 fully saturated rings. The molecule has 3 aromatic rings. The number of aromatic nitrogens is 1. The molecule has 0 radical (unpaired) electrons. The molecule has 30 heavy (non-hydrogen) atoms. The van der Waals surface area contributed by atoms with Gasteiger partial charge in [-0.15, -0.1) is 0 Å². The fourth-order valence-electron chi connectivity index (χ4n) is 3.49. The van der Waals surface area contributed by atoms with Crippen LogP contribution in [0.15, 0.2) is 48.5 Å². The Bertz CT molecular complexity index is 1090. The molecular weight excluding hydrogens is 376 g/mol. The van der Waals surface area contributed by atoms with E-state index in [-0.39, 0.29) is 12.4 Å². The van der Waals surface area contributed by atoms with Crippen molar-refractivity contribution in [3.63, 3.8) is 0 Å². The number of carbonyl (C=O) groups excluding carboxylic acids is 2. The van der Waals surface area contributed by atoms with Crippen LogP contribution in [-0.2, 0) is 4.74 Å². The first-order chi connectivity index (χ1) is 14.2. The number of anilines is 1. The second-order valence-corrected chi connectivity index (χ2v) is 7.83. The van der Waals surface area contributed by atoms with Crippen LogP contribution in [0.4, 0.5) is 5.69 Å². The van der Waals surface area contributed by atoms with Crippen molar-refractivity contribution >= 4 is 17.4 Å². The van der Waals surface area contributed by atoms with Crippen molar-refractivity contribution in [1.82, 2.24) is 4.57 Å². The zero-order valence-corrected chi connectivity index (χ0v) is 18.4. The largest absolute Gasteiger partial charge is 0.454 e. The lowest BCUT2D eigenvalue weighted by atomic mass is 10.1. The number of hydrogen-bond donors (Lipinski definition) is 0. The molecule has 0 spiro atoms. The van der Waals surface area contributed by atoms with Gasteiger partial charge in [0, 0.05) is 42.4 Å². The van der Waals surface area contributed by atoms with Crippen LogP contribution in [-0.4, -0.2) is 37.0 Å². The number of ether oxygens (including phenoxy) is 1. The maximum atomic E-state index is 12.8. The number of esters is 1. The third-order valence-corrected chi connectivity index (χ3v) is 5.43. The Hall–Kier alpha value is -3.34. The molecule has 0 aliphatic rings. The Morgan fingerprint density at radius 2 is 1.57 bits per heavy atom. The number of benzene rings is 2. The summed E-state index contributed by atoms with van der Waals surface area (Å²) in [5.74, 6) is -0.715. The van der Waals surface area contributed by atoms with Gasteiger partial charge in [0.05, 0.1) is 5.56 Å². The first-order valence-corrected chi connectivity index (χ1v) is 9.93. The minimum atomic E-state index is -0.503. The summed E-state index contributed by atoms with van der Waals surface area (Å²) in [5.41, 5.74) is 7.23. The minimum Gasteiger partial charge on any atom is -0.454 e. The average molecular weight is 405 g/mol. The second-order valence-electron chi connectivity index (χ2n) is 7.83. The molecule has 1 aromatic heterocycles. The van der Waals surface area contributed by atoms with Gasteiger partial charge in [0.15, 0.2) is 6.61 Å². The maximum absolute atomic E-state index is 12.8. The number of rotatable bonds is 6. The SMILES string of the molecule is Cc1ccc(-n2c(C)cc(C(=O)COC(=O)c3ccc(N(C)C)cc3)c2C)cc1C. The Balaban J connectivity index is 1.74. The van der Waals surface area contributed by atoms with Crippen LogP contribution in [0.3, 0.4) is 0 Å². The van der Waals surface area contributed by atoms with Crippen LogP contribution in [0.1, 0.15) is 43.2 Å². The van der Waals surface area contributed by atoms with Gasteiger partial charge in [-0.2, -0.15) is 0 Å². The van der Waals surface area contributed by atoms with Gasteiger partial charge in [-0.3, -0.25) is 4.79 Å². The summed E-state index contributed by atoms with van der Waals surface area (Å²) in [7, 11) is 3.86. The van der Waals surface area contributed by atoms with Crippen LogP contribution in [0.25, 0.3) is 5.69 Å². The highest BCUT2D eigenvalue weighted by Gasteiger charge is 2.19. The highest BCUT2D eigenvalue weighted by molar-refractivity contribution is 6.00. The monoisotopic (exact) mass is 404 g/mol.